The number of β-amino-alcohol motifs (C(OH)–C–C–N with tert-alkyl or cyclic N) is 1. The van der Waals surface area contributed by atoms with Crippen molar-refractivity contribution in [1.29, 1.82) is 0 Å². The normalized spacial score (nSPS) is 18.7. The predicted molar refractivity (Wildman–Crippen MR) is 134 cm³/mol. The molecule has 1 N–H and O–H groups in total. The highest BCUT2D eigenvalue weighted by Gasteiger charge is 2.26. The Bertz CT molecular complexity index is 1270. The van der Waals surface area contributed by atoms with Crippen LogP contribution in [0.4, 0.5) is 4.39 Å². The van der Waals surface area contributed by atoms with E-state index in [9.17, 15) is 14.3 Å². The molecule has 0 aliphatic carbocycles. The van der Waals surface area contributed by atoms with E-state index in [1.165, 1.54) is 6.07 Å². The average Bonchev–Trinajstić information content (AvgIpc) is 3.28. The van der Waals surface area contributed by atoms with Crippen molar-refractivity contribution in [2.45, 2.75) is 38.8 Å². The van der Waals surface area contributed by atoms with Gasteiger partial charge in [-0.1, -0.05) is 30.3 Å². The van der Waals surface area contributed by atoms with Crippen LogP contribution >= 0.6 is 0 Å². The molecule has 0 spiro atoms. The minimum absolute atomic E-state index is 0.131. The van der Waals surface area contributed by atoms with Gasteiger partial charge in [-0.05, 0) is 62.1 Å². The van der Waals surface area contributed by atoms with E-state index in [0.29, 0.717) is 30.6 Å². The van der Waals surface area contributed by atoms with Gasteiger partial charge in [-0.3, -0.25) is 14.8 Å². The second-order valence-corrected chi connectivity index (χ2v) is 9.66. The molecule has 1 unspecified atom stereocenters. The minimum atomic E-state index is -0.878. The maximum absolute atomic E-state index is 14.0. The van der Waals surface area contributed by atoms with Gasteiger partial charge in [-0.25, -0.2) is 4.39 Å². The van der Waals surface area contributed by atoms with Crippen molar-refractivity contribution in [3.8, 4) is 0 Å². The fourth-order valence-electron chi connectivity index (χ4n) is 5.25. The monoisotopic (exact) mass is 471 g/mol. The van der Waals surface area contributed by atoms with E-state index in [1.807, 2.05) is 37.3 Å². The summed E-state index contributed by atoms with van der Waals surface area (Å²) in [6.45, 7) is 4.53. The summed E-state index contributed by atoms with van der Waals surface area (Å²) in [6.07, 6.45) is 3.32. The summed E-state index contributed by atoms with van der Waals surface area (Å²) in [5, 5.41) is 10.6. The van der Waals surface area contributed by atoms with Crippen molar-refractivity contribution in [3.63, 3.8) is 0 Å². The molecular weight excluding hydrogens is 441 g/mol. The SMILES string of the molecule is Cc1cc(C2=NCc3ccc(C(=O)C[C@@H]4CCCN(CC(O)c5ccccc5F)C4)cc32)ccn1. The van der Waals surface area contributed by atoms with Crippen molar-refractivity contribution in [1.82, 2.24) is 9.88 Å². The van der Waals surface area contributed by atoms with Crippen LogP contribution in [0.5, 0.6) is 0 Å². The van der Waals surface area contributed by atoms with Crippen LogP contribution in [0, 0.1) is 18.7 Å². The second kappa shape index (κ2) is 10.2. The van der Waals surface area contributed by atoms with E-state index in [1.54, 1.807) is 24.4 Å². The van der Waals surface area contributed by atoms with Gasteiger partial charge in [-0.15, -0.1) is 0 Å². The Morgan fingerprint density at radius 3 is 2.89 bits per heavy atom. The number of aryl methyl sites for hydroxylation is 1. The van der Waals surface area contributed by atoms with Crippen LogP contribution in [0.25, 0.3) is 0 Å². The number of piperidine rings is 1. The number of hydrogen-bond acceptors (Lipinski definition) is 5. The average molecular weight is 472 g/mol. The van der Waals surface area contributed by atoms with Crippen molar-refractivity contribution in [3.05, 3.63) is 100 Å². The van der Waals surface area contributed by atoms with Crippen LogP contribution < -0.4 is 0 Å². The quantitative estimate of drug-likeness (QED) is 0.498. The third kappa shape index (κ3) is 5.24. The fraction of sp³-hybridized carbons (Fsp3) is 0.345. The lowest BCUT2D eigenvalue weighted by molar-refractivity contribution is 0.0747. The summed E-state index contributed by atoms with van der Waals surface area (Å²) in [6, 6.07) is 16.3. The van der Waals surface area contributed by atoms with Gasteiger partial charge in [0, 0.05) is 53.7 Å². The van der Waals surface area contributed by atoms with Gasteiger partial charge in [0.2, 0.25) is 0 Å². The molecule has 180 valence electrons. The number of nitrogens with zero attached hydrogens (tertiary/aromatic N) is 3. The zero-order chi connectivity index (χ0) is 24.4. The number of Topliss-reactive ketones (excluding diaryl/α,β-unsaturated/α-hetero) is 1. The van der Waals surface area contributed by atoms with E-state index in [0.717, 1.165) is 54.0 Å². The lowest BCUT2D eigenvalue weighted by atomic mass is 9.89. The number of aromatic nitrogens is 1. The number of fused-ring (bicyclic) bond motifs is 1. The molecule has 1 fully saturated rings. The third-order valence-corrected chi connectivity index (χ3v) is 7.04. The van der Waals surface area contributed by atoms with Gasteiger partial charge in [0.25, 0.3) is 0 Å². The van der Waals surface area contributed by atoms with Crippen molar-refractivity contribution < 1.29 is 14.3 Å². The van der Waals surface area contributed by atoms with Crippen LogP contribution in [0.15, 0.2) is 65.8 Å². The smallest absolute Gasteiger partial charge is 0.163 e. The van der Waals surface area contributed by atoms with Crippen LogP contribution in [0.2, 0.25) is 0 Å². The Balaban J connectivity index is 1.24. The zero-order valence-electron chi connectivity index (χ0n) is 20.0. The Labute approximate surface area is 205 Å². The number of aliphatic imine (C=N–C) groups is 1. The highest BCUT2D eigenvalue weighted by Crippen LogP contribution is 2.28. The summed E-state index contributed by atoms with van der Waals surface area (Å²) in [5.74, 6) is -0.0371. The lowest BCUT2D eigenvalue weighted by Crippen LogP contribution is -2.38. The molecule has 2 aliphatic heterocycles. The van der Waals surface area contributed by atoms with Gasteiger partial charge >= 0.3 is 0 Å². The molecule has 2 aliphatic rings. The Kier molecular flexibility index (Phi) is 6.84. The Morgan fingerprint density at radius 1 is 1.20 bits per heavy atom. The van der Waals surface area contributed by atoms with E-state index < -0.39 is 6.10 Å². The highest BCUT2D eigenvalue weighted by molar-refractivity contribution is 6.16. The van der Waals surface area contributed by atoms with Crippen LogP contribution in [0.3, 0.4) is 0 Å². The topological polar surface area (TPSA) is 65.8 Å². The van der Waals surface area contributed by atoms with Crippen LogP contribution in [0.1, 0.15) is 63.7 Å². The first-order valence-electron chi connectivity index (χ1n) is 12.3. The highest BCUT2D eigenvalue weighted by atomic mass is 19.1. The van der Waals surface area contributed by atoms with Crippen molar-refractivity contribution >= 4 is 11.5 Å². The van der Waals surface area contributed by atoms with Gasteiger partial charge < -0.3 is 10.0 Å². The number of halogens is 1. The maximum Gasteiger partial charge on any atom is 0.163 e. The molecule has 3 heterocycles. The largest absolute Gasteiger partial charge is 0.387 e. The molecule has 0 amide bonds. The summed E-state index contributed by atoms with van der Waals surface area (Å²) in [7, 11) is 0. The molecule has 6 heteroatoms. The molecule has 5 rings (SSSR count). The summed E-state index contributed by atoms with van der Waals surface area (Å²) in [5.41, 5.74) is 6.09. The number of hydrogen-bond donors (Lipinski definition) is 1. The molecular formula is C29H30FN3O2. The molecule has 3 aromatic rings. The van der Waals surface area contributed by atoms with E-state index in [4.69, 9.17) is 4.99 Å². The van der Waals surface area contributed by atoms with Gasteiger partial charge in [0.05, 0.1) is 18.4 Å². The maximum atomic E-state index is 14.0. The number of aliphatic hydroxyl groups is 1. The molecule has 2 atom stereocenters. The van der Waals surface area contributed by atoms with Crippen LogP contribution in [-0.4, -0.2) is 46.1 Å². The van der Waals surface area contributed by atoms with Gasteiger partial charge in [0.1, 0.15) is 5.82 Å². The van der Waals surface area contributed by atoms with E-state index in [2.05, 4.69) is 9.88 Å². The van der Waals surface area contributed by atoms with Crippen molar-refractivity contribution in [2.24, 2.45) is 10.9 Å². The van der Waals surface area contributed by atoms with E-state index in [-0.39, 0.29) is 17.5 Å². The molecule has 1 aromatic heterocycles. The molecule has 5 nitrogen and oxygen atoms in total. The Morgan fingerprint density at radius 2 is 2.06 bits per heavy atom. The van der Waals surface area contributed by atoms with E-state index >= 15 is 0 Å². The van der Waals surface area contributed by atoms with Crippen LogP contribution in [-0.2, 0) is 6.54 Å². The predicted octanol–water partition coefficient (Wildman–Crippen LogP) is 4.90. The number of carbonyl (C=O) groups excluding carboxylic acids is 1. The fourth-order valence-corrected chi connectivity index (χ4v) is 5.25. The first kappa shape index (κ1) is 23.5. The minimum Gasteiger partial charge on any atom is -0.387 e. The number of carbonyl (C=O) groups is 1. The zero-order valence-corrected chi connectivity index (χ0v) is 20.0. The number of ketones is 1. The van der Waals surface area contributed by atoms with Crippen molar-refractivity contribution in [2.75, 3.05) is 19.6 Å². The Hall–Kier alpha value is -3.22. The number of pyridine rings is 1. The van der Waals surface area contributed by atoms with Gasteiger partial charge in [0.15, 0.2) is 5.78 Å². The molecule has 1 saturated heterocycles. The second-order valence-electron chi connectivity index (χ2n) is 9.66. The number of aliphatic hydroxyl groups excluding tert-OH is 1. The summed E-state index contributed by atoms with van der Waals surface area (Å²) < 4.78 is 14.0. The third-order valence-electron chi connectivity index (χ3n) is 7.04. The first-order chi connectivity index (χ1) is 17.0. The molecule has 0 saturated carbocycles. The standard InChI is InChI=1S/C29H30FN3O2/c1-19-13-22(10-11-31-19)29-25-15-21(8-9-23(25)16-32-29)27(34)14-20-5-4-12-33(17-20)18-28(35)24-6-2-3-7-26(24)30/h2-3,6-11,13,15,20,28,35H,4-5,12,14,16-18H2,1H3/t20-,28?/m0/s1. The molecule has 0 radical (unpaired) electrons. The number of benzene rings is 2. The summed E-state index contributed by atoms with van der Waals surface area (Å²) >= 11 is 0. The number of rotatable bonds is 7. The summed E-state index contributed by atoms with van der Waals surface area (Å²) in [4.78, 5) is 24.4. The molecule has 0 bridgehead atoms. The molecule has 35 heavy (non-hydrogen) atoms. The number of likely N-dealkylation sites (tertiary alicyclic amines) is 1. The van der Waals surface area contributed by atoms with Gasteiger partial charge in [-0.2, -0.15) is 0 Å². The molecule has 2 aromatic carbocycles. The first-order valence-corrected chi connectivity index (χ1v) is 12.3. The lowest BCUT2D eigenvalue weighted by Gasteiger charge is -2.33.